The van der Waals surface area contributed by atoms with Crippen LogP contribution in [0, 0.1) is 5.92 Å². The molecule has 0 radical (unpaired) electrons. The van der Waals surface area contributed by atoms with E-state index in [1.165, 1.54) is 44.9 Å². The van der Waals surface area contributed by atoms with E-state index in [0.29, 0.717) is 6.04 Å². The lowest BCUT2D eigenvalue weighted by atomic mass is 9.99. The Labute approximate surface area is 95.3 Å². The molecule has 1 N–H and O–H groups in total. The standard InChI is InChI=1S/C14H27N/c1-3-12-15-13(2)10-11-14-8-6-4-5-7-9-14/h10-11,13-15H,3-9,12H2,1-2H3/b11-10+. The summed E-state index contributed by atoms with van der Waals surface area (Å²) in [6.45, 7) is 5.60. The monoisotopic (exact) mass is 209 g/mol. The zero-order chi connectivity index (χ0) is 10.9. The van der Waals surface area contributed by atoms with E-state index in [1.807, 2.05) is 0 Å². The molecule has 1 unspecified atom stereocenters. The molecule has 88 valence electrons. The minimum Gasteiger partial charge on any atom is -0.311 e. The lowest BCUT2D eigenvalue weighted by Crippen LogP contribution is -2.24. The Morgan fingerprint density at radius 3 is 2.47 bits per heavy atom. The van der Waals surface area contributed by atoms with Gasteiger partial charge >= 0.3 is 0 Å². The molecule has 1 atom stereocenters. The van der Waals surface area contributed by atoms with Crippen molar-refractivity contribution in [2.45, 2.75) is 64.8 Å². The van der Waals surface area contributed by atoms with E-state index in [-0.39, 0.29) is 0 Å². The van der Waals surface area contributed by atoms with Gasteiger partial charge in [-0.2, -0.15) is 0 Å². The van der Waals surface area contributed by atoms with Crippen molar-refractivity contribution in [3.63, 3.8) is 0 Å². The minimum atomic E-state index is 0.549. The number of hydrogen-bond acceptors (Lipinski definition) is 1. The summed E-state index contributed by atoms with van der Waals surface area (Å²) in [7, 11) is 0. The topological polar surface area (TPSA) is 12.0 Å². The fourth-order valence-electron chi connectivity index (χ4n) is 2.27. The summed E-state index contributed by atoms with van der Waals surface area (Å²) in [5.74, 6) is 0.860. The minimum absolute atomic E-state index is 0.549. The highest BCUT2D eigenvalue weighted by Crippen LogP contribution is 2.23. The van der Waals surface area contributed by atoms with E-state index >= 15 is 0 Å². The second-order valence-electron chi connectivity index (χ2n) is 4.88. The summed E-state index contributed by atoms with van der Waals surface area (Å²) in [5.41, 5.74) is 0. The molecule has 0 spiro atoms. The predicted octanol–water partition coefficient (Wildman–Crippen LogP) is 3.90. The molecule has 0 heterocycles. The van der Waals surface area contributed by atoms with Crippen LogP contribution in [0.25, 0.3) is 0 Å². The largest absolute Gasteiger partial charge is 0.311 e. The molecule has 0 amide bonds. The maximum atomic E-state index is 3.50. The van der Waals surface area contributed by atoms with Crippen LogP contribution in [0.2, 0.25) is 0 Å². The van der Waals surface area contributed by atoms with Crippen LogP contribution in [0.4, 0.5) is 0 Å². The van der Waals surface area contributed by atoms with Crippen LogP contribution in [-0.4, -0.2) is 12.6 Å². The van der Waals surface area contributed by atoms with E-state index in [9.17, 15) is 0 Å². The maximum absolute atomic E-state index is 3.50. The quantitative estimate of drug-likeness (QED) is 0.535. The van der Waals surface area contributed by atoms with E-state index in [2.05, 4.69) is 31.3 Å². The molecule has 1 heteroatoms. The van der Waals surface area contributed by atoms with Gasteiger partial charge in [-0.25, -0.2) is 0 Å². The summed E-state index contributed by atoms with van der Waals surface area (Å²) >= 11 is 0. The third-order valence-electron chi connectivity index (χ3n) is 3.29. The molecule has 1 aliphatic carbocycles. The summed E-state index contributed by atoms with van der Waals surface area (Å²) < 4.78 is 0. The van der Waals surface area contributed by atoms with Crippen LogP contribution >= 0.6 is 0 Å². The van der Waals surface area contributed by atoms with Gasteiger partial charge in [-0.05, 0) is 38.6 Å². The van der Waals surface area contributed by atoms with E-state index in [4.69, 9.17) is 0 Å². The Bertz CT molecular complexity index is 166. The van der Waals surface area contributed by atoms with Crippen LogP contribution in [0.5, 0.6) is 0 Å². The van der Waals surface area contributed by atoms with Crippen molar-refractivity contribution in [3.8, 4) is 0 Å². The number of rotatable bonds is 5. The molecule has 0 aromatic carbocycles. The van der Waals surface area contributed by atoms with Crippen molar-refractivity contribution >= 4 is 0 Å². The van der Waals surface area contributed by atoms with Gasteiger partial charge in [-0.1, -0.05) is 44.8 Å². The lowest BCUT2D eigenvalue weighted by molar-refractivity contribution is 0.550. The van der Waals surface area contributed by atoms with Crippen molar-refractivity contribution in [2.75, 3.05) is 6.54 Å². The van der Waals surface area contributed by atoms with Crippen LogP contribution in [0.3, 0.4) is 0 Å². The van der Waals surface area contributed by atoms with Crippen molar-refractivity contribution in [1.29, 1.82) is 0 Å². The molecule has 1 rings (SSSR count). The number of nitrogens with one attached hydrogen (secondary N) is 1. The first kappa shape index (κ1) is 12.8. The third-order valence-corrected chi connectivity index (χ3v) is 3.29. The summed E-state index contributed by atoms with van der Waals surface area (Å²) in [6.07, 6.45) is 14.7. The van der Waals surface area contributed by atoms with Crippen molar-refractivity contribution < 1.29 is 0 Å². The van der Waals surface area contributed by atoms with Gasteiger partial charge in [0.25, 0.3) is 0 Å². The maximum Gasteiger partial charge on any atom is 0.0221 e. The van der Waals surface area contributed by atoms with Gasteiger partial charge in [0.15, 0.2) is 0 Å². The van der Waals surface area contributed by atoms with Crippen LogP contribution in [0.15, 0.2) is 12.2 Å². The Morgan fingerprint density at radius 2 is 1.87 bits per heavy atom. The molecule has 0 aliphatic heterocycles. The third kappa shape index (κ3) is 5.99. The van der Waals surface area contributed by atoms with Gasteiger partial charge in [-0.15, -0.1) is 0 Å². The number of hydrogen-bond donors (Lipinski definition) is 1. The highest BCUT2D eigenvalue weighted by Gasteiger charge is 2.08. The first-order valence-electron chi connectivity index (χ1n) is 6.74. The molecular formula is C14H27N. The van der Waals surface area contributed by atoms with Gasteiger partial charge in [0.05, 0.1) is 0 Å². The lowest BCUT2D eigenvalue weighted by Gasteiger charge is -2.11. The molecule has 1 saturated carbocycles. The van der Waals surface area contributed by atoms with Gasteiger partial charge in [0, 0.05) is 6.04 Å². The van der Waals surface area contributed by atoms with Crippen molar-refractivity contribution in [2.24, 2.45) is 5.92 Å². The molecule has 15 heavy (non-hydrogen) atoms. The molecule has 0 aromatic heterocycles. The zero-order valence-electron chi connectivity index (χ0n) is 10.5. The van der Waals surface area contributed by atoms with Gasteiger partial charge in [0.2, 0.25) is 0 Å². The summed E-state index contributed by atoms with van der Waals surface area (Å²) in [6, 6.07) is 0.549. The first-order valence-corrected chi connectivity index (χ1v) is 6.74. The smallest absolute Gasteiger partial charge is 0.0221 e. The van der Waals surface area contributed by atoms with E-state index in [1.54, 1.807) is 0 Å². The summed E-state index contributed by atoms with van der Waals surface area (Å²) in [5, 5.41) is 3.50. The highest BCUT2D eigenvalue weighted by molar-refractivity contribution is 4.95. The number of allylic oxidation sites excluding steroid dienone is 1. The Hall–Kier alpha value is -0.300. The van der Waals surface area contributed by atoms with Gasteiger partial charge < -0.3 is 5.32 Å². The average Bonchev–Trinajstić information content (AvgIpc) is 2.51. The highest BCUT2D eigenvalue weighted by atomic mass is 14.9. The van der Waals surface area contributed by atoms with Crippen LogP contribution < -0.4 is 5.32 Å². The van der Waals surface area contributed by atoms with Crippen LogP contribution in [0.1, 0.15) is 58.8 Å². The van der Waals surface area contributed by atoms with E-state index < -0.39 is 0 Å². The molecule has 1 nitrogen and oxygen atoms in total. The fourth-order valence-corrected chi connectivity index (χ4v) is 2.27. The molecule has 0 saturated heterocycles. The van der Waals surface area contributed by atoms with Gasteiger partial charge in [0.1, 0.15) is 0 Å². The fraction of sp³-hybridized carbons (Fsp3) is 0.857. The van der Waals surface area contributed by atoms with Crippen molar-refractivity contribution in [3.05, 3.63) is 12.2 Å². The zero-order valence-corrected chi connectivity index (χ0v) is 10.5. The molecule has 0 bridgehead atoms. The Kier molecular flexibility index (Phi) is 6.74. The molecule has 1 aliphatic rings. The molecular weight excluding hydrogens is 182 g/mol. The van der Waals surface area contributed by atoms with Gasteiger partial charge in [-0.3, -0.25) is 0 Å². The molecule has 0 aromatic rings. The second kappa shape index (κ2) is 7.92. The molecule has 1 fully saturated rings. The normalized spacial score (nSPS) is 21.7. The van der Waals surface area contributed by atoms with E-state index in [0.717, 1.165) is 12.5 Å². The van der Waals surface area contributed by atoms with Crippen molar-refractivity contribution in [1.82, 2.24) is 5.32 Å². The average molecular weight is 209 g/mol. The Balaban J connectivity index is 2.21. The van der Waals surface area contributed by atoms with Crippen LogP contribution in [-0.2, 0) is 0 Å². The SMILES string of the molecule is CCCNC(C)/C=C/C1CCCCCC1. The summed E-state index contributed by atoms with van der Waals surface area (Å²) in [4.78, 5) is 0. The predicted molar refractivity (Wildman–Crippen MR) is 68.1 cm³/mol. The first-order chi connectivity index (χ1) is 7.33. The Morgan fingerprint density at radius 1 is 1.20 bits per heavy atom. The second-order valence-corrected chi connectivity index (χ2v) is 4.88.